The Kier molecular flexibility index (Phi) is 3.19. The van der Waals surface area contributed by atoms with Crippen LogP contribution in [0.4, 0.5) is 0 Å². The highest BCUT2D eigenvalue weighted by Crippen LogP contribution is 1.98. The summed E-state index contributed by atoms with van der Waals surface area (Å²) in [5.41, 5.74) is 0. The van der Waals surface area contributed by atoms with E-state index in [4.69, 9.17) is 5.11 Å². The lowest BCUT2D eigenvalue weighted by Crippen LogP contribution is -2.42. The molecule has 0 fully saturated rings. The SMILES string of the molecule is CN1C=CNC1CNCCO. The summed E-state index contributed by atoms with van der Waals surface area (Å²) < 4.78 is 0. The van der Waals surface area contributed by atoms with Crippen LogP contribution in [-0.4, -0.2) is 42.9 Å². The number of nitrogens with zero attached hydrogens (tertiary/aromatic N) is 1. The number of hydrogen-bond acceptors (Lipinski definition) is 4. The molecule has 0 amide bonds. The first kappa shape index (κ1) is 8.36. The van der Waals surface area contributed by atoms with Crippen molar-refractivity contribution in [2.45, 2.75) is 6.17 Å². The lowest BCUT2D eigenvalue weighted by atomic mass is 10.4. The zero-order valence-corrected chi connectivity index (χ0v) is 6.75. The fraction of sp³-hybridized carbons (Fsp3) is 0.714. The Morgan fingerprint density at radius 1 is 1.73 bits per heavy atom. The monoisotopic (exact) mass is 157 g/mol. The van der Waals surface area contributed by atoms with Crippen LogP contribution < -0.4 is 10.6 Å². The van der Waals surface area contributed by atoms with Crippen LogP contribution in [0.25, 0.3) is 0 Å². The highest BCUT2D eigenvalue weighted by molar-refractivity contribution is 4.92. The van der Waals surface area contributed by atoms with Crippen molar-refractivity contribution >= 4 is 0 Å². The fourth-order valence-corrected chi connectivity index (χ4v) is 1.01. The number of aliphatic hydroxyl groups excluding tert-OH is 1. The molecule has 0 spiro atoms. The molecule has 0 aromatic rings. The number of aliphatic hydroxyl groups is 1. The van der Waals surface area contributed by atoms with Crippen molar-refractivity contribution in [3.05, 3.63) is 12.4 Å². The molecule has 0 radical (unpaired) electrons. The lowest BCUT2D eigenvalue weighted by molar-refractivity contribution is 0.272. The predicted octanol–water partition coefficient (Wildman–Crippen LogP) is -1.10. The summed E-state index contributed by atoms with van der Waals surface area (Å²) in [6.07, 6.45) is 4.25. The molecule has 0 aromatic carbocycles. The van der Waals surface area contributed by atoms with Crippen molar-refractivity contribution in [1.29, 1.82) is 0 Å². The number of likely N-dealkylation sites (N-methyl/N-ethyl adjacent to an activating group) is 1. The van der Waals surface area contributed by atoms with E-state index in [0.29, 0.717) is 12.7 Å². The Balaban J connectivity index is 2.08. The summed E-state index contributed by atoms with van der Waals surface area (Å²) in [6.45, 7) is 1.71. The van der Waals surface area contributed by atoms with Crippen LogP contribution in [0, 0.1) is 0 Å². The molecule has 0 aliphatic carbocycles. The van der Waals surface area contributed by atoms with Gasteiger partial charge < -0.3 is 20.6 Å². The molecule has 4 nitrogen and oxygen atoms in total. The van der Waals surface area contributed by atoms with Crippen LogP contribution in [-0.2, 0) is 0 Å². The molecule has 4 heteroatoms. The molecule has 1 heterocycles. The third-order valence-corrected chi connectivity index (χ3v) is 1.72. The van der Waals surface area contributed by atoms with Crippen molar-refractivity contribution in [1.82, 2.24) is 15.5 Å². The minimum atomic E-state index is 0.198. The zero-order valence-electron chi connectivity index (χ0n) is 6.75. The summed E-state index contributed by atoms with van der Waals surface area (Å²) in [7, 11) is 2.02. The molecule has 1 aliphatic heterocycles. The van der Waals surface area contributed by atoms with Crippen LogP contribution in [0.2, 0.25) is 0 Å². The maximum atomic E-state index is 8.49. The van der Waals surface area contributed by atoms with Crippen molar-refractivity contribution in [2.24, 2.45) is 0 Å². The van der Waals surface area contributed by atoms with E-state index in [1.807, 2.05) is 19.4 Å². The van der Waals surface area contributed by atoms with Crippen molar-refractivity contribution in [2.75, 3.05) is 26.7 Å². The second kappa shape index (κ2) is 4.20. The molecule has 1 aliphatic rings. The maximum absolute atomic E-state index is 8.49. The average molecular weight is 157 g/mol. The first-order chi connectivity index (χ1) is 5.34. The van der Waals surface area contributed by atoms with Crippen LogP contribution >= 0.6 is 0 Å². The molecule has 1 unspecified atom stereocenters. The molecular weight excluding hydrogens is 142 g/mol. The molecule has 1 atom stereocenters. The second-order valence-electron chi connectivity index (χ2n) is 2.59. The van der Waals surface area contributed by atoms with Gasteiger partial charge in [-0.3, -0.25) is 0 Å². The fourth-order valence-electron chi connectivity index (χ4n) is 1.01. The average Bonchev–Trinajstić information content (AvgIpc) is 2.37. The molecule has 1 rings (SSSR count). The zero-order chi connectivity index (χ0) is 8.10. The van der Waals surface area contributed by atoms with E-state index in [1.54, 1.807) is 0 Å². The van der Waals surface area contributed by atoms with Gasteiger partial charge in [0.25, 0.3) is 0 Å². The van der Waals surface area contributed by atoms with Crippen LogP contribution in [0.15, 0.2) is 12.4 Å². The summed E-state index contributed by atoms with van der Waals surface area (Å²) in [6, 6.07) is 0. The Hall–Kier alpha value is -0.740. The predicted molar refractivity (Wildman–Crippen MR) is 43.8 cm³/mol. The molecule has 0 aromatic heterocycles. The molecule has 0 saturated heterocycles. The Bertz CT molecular complexity index is 138. The molecule has 64 valence electrons. The minimum absolute atomic E-state index is 0.198. The molecular formula is C7H15N3O. The van der Waals surface area contributed by atoms with Gasteiger partial charge in [0.2, 0.25) is 0 Å². The molecule has 11 heavy (non-hydrogen) atoms. The number of rotatable bonds is 4. The summed E-state index contributed by atoms with van der Waals surface area (Å²) in [4.78, 5) is 2.09. The summed E-state index contributed by atoms with van der Waals surface area (Å²) in [5, 5.41) is 14.8. The van der Waals surface area contributed by atoms with Gasteiger partial charge in [-0.2, -0.15) is 0 Å². The summed E-state index contributed by atoms with van der Waals surface area (Å²) >= 11 is 0. The van der Waals surface area contributed by atoms with Crippen molar-refractivity contribution < 1.29 is 5.11 Å². The van der Waals surface area contributed by atoms with Gasteiger partial charge in [0.05, 0.1) is 6.61 Å². The lowest BCUT2D eigenvalue weighted by Gasteiger charge is -2.21. The summed E-state index contributed by atoms with van der Waals surface area (Å²) in [5.74, 6) is 0. The highest BCUT2D eigenvalue weighted by Gasteiger charge is 2.12. The highest BCUT2D eigenvalue weighted by atomic mass is 16.3. The van der Waals surface area contributed by atoms with Crippen molar-refractivity contribution in [3.8, 4) is 0 Å². The number of hydrogen-bond donors (Lipinski definition) is 3. The van der Waals surface area contributed by atoms with Gasteiger partial charge in [-0.1, -0.05) is 0 Å². The first-order valence-corrected chi connectivity index (χ1v) is 3.81. The van der Waals surface area contributed by atoms with E-state index in [1.165, 1.54) is 0 Å². The van der Waals surface area contributed by atoms with E-state index in [2.05, 4.69) is 15.5 Å². The Morgan fingerprint density at radius 3 is 3.09 bits per heavy atom. The third-order valence-electron chi connectivity index (χ3n) is 1.72. The second-order valence-corrected chi connectivity index (χ2v) is 2.59. The van der Waals surface area contributed by atoms with E-state index in [-0.39, 0.29) is 6.61 Å². The quantitative estimate of drug-likeness (QED) is 0.453. The van der Waals surface area contributed by atoms with Crippen LogP contribution in [0.1, 0.15) is 0 Å². The Labute approximate surface area is 66.9 Å². The maximum Gasteiger partial charge on any atom is 0.111 e. The van der Waals surface area contributed by atoms with Gasteiger partial charge in [-0.25, -0.2) is 0 Å². The Morgan fingerprint density at radius 2 is 2.55 bits per heavy atom. The molecule has 0 bridgehead atoms. The normalized spacial score (nSPS) is 22.4. The van der Waals surface area contributed by atoms with E-state index in [9.17, 15) is 0 Å². The smallest absolute Gasteiger partial charge is 0.111 e. The molecule has 0 saturated carbocycles. The topological polar surface area (TPSA) is 47.5 Å². The van der Waals surface area contributed by atoms with Gasteiger partial charge in [0.15, 0.2) is 0 Å². The van der Waals surface area contributed by atoms with Gasteiger partial charge in [0.1, 0.15) is 6.17 Å². The van der Waals surface area contributed by atoms with Crippen LogP contribution in [0.5, 0.6) is 0 Å². The van der Waals surface area contributed by atoms with Gasteiger partial charge in [-0.05, 0) is 0 Å². The first-order valence-electron chi connectivity index (χ1n) is 3.81. The largest absolute Gasteiger partial charge is 0.395 e. The minimum Gasteiger partial charge on any atom is -0.395 e. The van der Waals surface area contributed by atoms with Gasteiger partial charge in [-0.15, -0.1) is 0 Å². The third kappa shape index (κ3) is 2.40. The van der Waals surface area contributed by atoms with E-state index >= 15 is 0 Å². The standard InChI is InChI=1S/C7H15N3O/c1-10-4-2-9-7(10)6-8-3-5-11/h2,4,7-9,11H,3,5-6H2,1H3. The van der Waals surface area contributed by atoms with Crippen LogP contribution in [0.3, 0.4) is 0 Å². The van der Waals surface area contributed by atoms with Crippen molar-refractivity contribution in [3.63, 3.8) is 0 Å². The number of nitrogens with one attached hydrogen (secondary N) is 2. The van der Waals surface area contributed by atoms with E-state index in [0.717, 1.165) is 6.54 Å². The van der Waals surface area contributed by atoms with E-state index < -0.39 is 0 Å². The molecule has 3 N–H and O–H groups in total. The van der Waals surface area contributed by atoms with Gasteiger partial charge >= 0.3 is 0 Å². The van der Waals surface area contributed by atoms with Gasteiger partial charge in [0, 0.05) is 32.5 Å².